The normalized spacial score (nSPS) is 13.1. The number of nitrogens with one attached hydrogen (secondary N) is 2. The zero-order valence-corrected chi connectivity index (χ0v) is 19.9. The van der Waals surface area contributed by atoms with Crippen LogP contribution in [0.1, 0.15) is 67.2 Å². The molecule has 28 heavy (non-hydrogen) atoms. The Morgan fingerprint density at radius 3 is 2.11 bits per heavy atom. The molecule has 0 aromatic carbocycles. The number of Topliss-reactive ketones (excluding diaryl/α,β-unsaturated/α-hetero) is 1. The van der Waals surface area contributed by atoms with Gasteiger partial charge in [-0.05, 0) is 25.6 Å². The van der Waals surface area contributed by atoms with Gasteiger partial charge in [0.25, 0.3) is 0 Å². The lowest BCUT2D eigenvalue weighted by atomic mass is 9.86. The van der Waals surface area contributed by atoms with Gasteiger partial charge in [-0.25, -0.2) is 0 Å². The molecule has 0 saturated heterocycles. The second-order valence-electron chi connectivity index (χ2n) is 9.21. The van der Waals surface area contributed by atoms with Gasteiger partial charge in [0, 0.05) is 43.1 Å². The molecule has 2 N–H and O–H groups in total. The van der Waals surface area contributed by atoms with Crippen LogP contribution in [0.3, 0.4) is 0 Å². The number of thioether (sulfide) groups is 1. The maximum absolute atomic E-state index is 12.6. The third-order valence-electron chi connectivity index (χ3n) is 4.37. The van der Waals surface area contributed by atoms with Crippen LogP contribution in [0.15, 0.2) is 0 Å². The van der Waals surface area contributed by atoms with Gasteiger partial charge in [-0.3, -0.25) is 14.4 Å². The smallest absolute Gasteiger partial charge is 0.243 e. The summed E-state index contributed by atoms with van der Waals surface area (Å²) in [5, 5.41) is 5.78. The molecule has 1 unspecified atom stereocenters. The van der Waals surface area contributed by atoms with Crippen molar-refractivity contribution in [3.8, 4) is 0 Å². The lowest BCUT2D eigenvalue weighted by Crippen LogP contribution is -2.50. The van der Waals surface area contributed by atoms with Crippen molar-refractivity contribution in [3.05, 3.63) is 0 Å². The fourth-order valence-corrected chi connectivity index (χ4v) is 3.38. The summed E-state index contributed by atoms with van der Waals surface area (Å²) in [6.45, 7) is 13.1. The minimum Gasteiger partial charge on any atom is -0.353 e. The molecule has 0 aliphatic carbocycles. The quantitative estimate of drug-likeness (QED) is 0.479. The summed E-state index contributed by atoms with van der Waals surface area (Å²) in [4.78, 5) is 39.2. The van der Waals surface area contributed by atoms with Gasteiger partial charge in [0.2, 0.25) is 11.8 Å². The van der Waals surface area contributed by atoms with Crippen LogP contribution in [0.2, 0.25) is 0 Å². The summed E-state index contributed by atoms with van der Waals surface area (Å²) in [5.41, 5.74) is -0.544. The molecule has 0 aliphatic heterocycles. The minimum absolute atomic E-state index is 0.0255. The average molecular weight is 416 g/mol. The van der Waals surface area contributed by atoms with Gasteiger partial charge >= 0.3 is 0 Å². The van der Waals surface area contributed by atoms with Crippen LogP contribution in [0, 0.1) is 5.41 Å². The van der Waals surface area contributed by atoms with Gasteiger partial charge in [-0.2, -0.15) is 11.8 Å². The zero-order valence-electron chi connectivity index (χ0n) is 19.1. The largest absolute Gasteiger partial charge is 0.353 e. The van der Waals surface area contributed by atoms with Crippen LogP contribution in [0.25, 0.3) is 0 Å². The summed E-state index contributed by atoms with van der Waals surface area (Å²) in [7, 11) is 3.44. The third kappa shape index (κ3) is 11.7. The molecule has 2 amide bonds. The summed E-state index contributed by atoms with van der Waals surface area (Å²) < 4.78 is 0.227. The van der Waals surface area contributed by atoms with Crippen LogP contribution >= 0.6 is 11.8 Å². The molecule has 0 aromatic rings. The molecule has 0 spiro atoms. The van der Waals surface area contributed by atoms with Gasteiger partial charge in [0.05, 0.1) is 0 Å². The first kappa shape index (κ1) is 26.9. The first-order valence-electron chi connectivity index (χ1n) is 10.1. The molecule has 1 atom stereocenters. The van der Waals surface area contributed by atoms with Crippen molar-refractivity contribution >= 4 is 29.4 Å². The highest BCUT2D eigenvalue weighted by molar-refractivity contribution is 8.00. The van der Waals surface area contributed by atoms with E-state index in [9.17, 15) is 14.4 Å². The van der Waals surface area contributed by atoms with E-state index >= 15 is 0 Å². The van der Waals surface area contributed by atoms with Gasteiger partial charge in [-0.15, -0.1) is 0 Å². The highest BCUT2D eigenvalue weighted by Gasteiger charge is 2.32. The minimum atomic E-state index is -0.764. The fourth-order valence-electron chi connectivity index (χ4n) is 2.42. The molecule has 0 aromatic heterocycles. The van der Waals surface area contributed by atoms with E-state index in [1.54, 1.807) is 14.1 Å². The van der Waals surface area contributed by atoms with Crippen molar-refractivity contribution < 1.29 is 14.4 Å². The number of hydrogen-bond acceptors (Lipinski definition) is 5. The highest BCUT2D eigenvalue weighted by Crippen LogP contribution is 2.24. The van der Waals surface area contributed by atoms with Crippen LogP contribution < -0.4 is 10.6 Å². The Morgan fingerprint density at radius 1 is 1.00 bits per heavy atom. The van der Waals surface area contributed by atoms with Crippen LogP contribution in [-0.2, 0) is 14.4 Å². The highest BCUT2D eigenvalue weighted by atomic mass is 32.2. The maximum atomic E-state index is 12.6. The van der Waals surface area contributed by atoms with Crippen molar-refractivity contribution in [3.63, 3.8) is 0 Å². The molecule has 0 rings (SSSR count). The number of carbonyl (C=O) groups is 3. The molecule has 0 fully saturated rings. The van der Waals surface area contributed by atoms with Gasteiger partial charge in [0.1, 0.15) is 11.8 Å². The Morgan fingerprint density at radius 2 is 1.61 bits per heavy atom. The van der Waals surface area contributed by atoms with Crippen LogP contribution in [0.5, 0.6) is 0 Å². The number of carbonyl (C=O) groups excluding carboxylic acids is 3. The lowest BCUT2D eigenvalue weighted by Gasteiger charge is -2.29. The molecule has 0 saturated carbocycles. The van der Waals surface area contributed by atoms with Crippen LogP contribution in [-0.4, -0.2) is 66.2 Å². The Kier molecular flexibility index (Phi) is 12.0. The van der Waals surface area contributed by atoms with Crippen molar-refractivity contribution in [2.75, 3.05) is 32.9 Å². The summed E-state index contributed by atoms with van der Waals surface area (Å²) >= 11 is 1.89. The molecule has 164 valence electrons. The van der Waals surface area contributed by atoms with E-state index in [1.807, 2.05) is 32.5 Å². The average Bonchev–Trinajstić information content (AvgIpc) is 2.56. The SMILES string of the molecule is CNCCNC(=O)C(CC(=O)C(C)(C)C)N(C)C(=O)CCCCSC(C)(C)C. The molecular formula is C21H41N3O3S. The first-order valence-corrected chi connectivity index (χ1v) is 11.1. The maximum Gasteiger partial charge on any atom is 0.243 e. The Bertz CT molecular complexity index is 510. The number of ketones is 1. The van der Waals surface area contributed by atoms with E-state index in [2.05, 4.69) is 31.4 Å². The molecule has 7 heteroatoms. The molecule has 0 heterocycles. The number of unbranched alkanes of at least 4 members (excludes halogenated alkanes) is 1. The van der Waals surface area contributed by atoms with Gasteiger partial charge < -0.3 is 15.5 Å². The molecular weight excluding hydrogens is 374 g/mol. The zero-order chi connectivity index (χ0) is 22.0. The Labute approximate surface area is 176 Å². The lowest BCUT2D eigenvalue weighted by molar-refractivity contribution is -0.141. The number of likely N-dealkylation sites (N-methyl/N-ethyl adjacent to an activating group) is 2. The summed E-state index contributed by atoms with van der Waals surface area (Å²) in [6, 6.07) is -0.764. The van der Waals surface area contributed by atoms with Crippen molar-refractivity contribution in [1.82, 2.24) is 15.5 Å². The van der Waals surface area contributed by atoms with E-state index in [4.69, 9.17) is 0 Å². The number of rotatable bonds is 12. The first-order chi connectivity index (χ1) is 12.8. The predicted molar refractivity (Wildman–Crippen MR) is 119 cm³/mol. The van der Waals surface area contributed by atoms with E-state index in [-0.39, 0.29) is 28.8 Å². The van der Waals surface area contributed by atoms with Crippen molar-refractivity contribution in [1.29, 1.82) is 0 Å². The number of amides is 2. The fraction of sp³-hybridized carbons (Fsp3) is 0.857. The van der Waals surface area contributed by atoms with Gasteiger partial charge in [-0.1, -0.05) is 41.5 Å². The predicted octanol–water partition coefficient (Wildman–Crippen LogP) is 2.86. The van der Waals surface area contributed by atoms with E-state index in [1.165, 1.54) is 4.90 Å². The molecule has 0 radical (unpaired) electrons. The monoisotopic (exact) mass is 415 g/mol. The molecule has 6 nitrogen and oxygen atoms in total. The summed E-state index contributed by atoms with van der Waals surface area (Å²) in [5.74, 6) is 0.627. The topological polar surface area (TPSA) is 78.5 Å². The molecule has 0 bridgehead atoms. The Hall–Kier alpha value is -1.08. The summed E-state index contributed by atoms with van der Waals surface area (Å²) in [6.07, 6.45) is 2.18. The van der Waals surface area contributed by atoms with E-state index < -0.39 is 11.5 Å². The third-order valence-corrected chi connectivity index (χ3v) is 5.73. The van der Waals surface area contributed by atoms with E-state index in [0.717, 1.165) is 18.6 Å². The molecule has 0 aliphatic rings. The van der Waals surface area contributed by atoms with E-state index in [0.29, 0.717) is 19.5 Å². The van der Waals surface area contributed by atoms with Crippen molar-refractivity contribution in [2.45, 2.75) is 78.0 Å². The number of hydrogen-bond donors (Lipinski definition) is 2. The second-order valence-corrected chi connectivity index (χ2v) is 11.1. The van der Waals surface area contributed by atoms with Gasteiger partial charge in [0.15, 0.2) is 0 Å². The van der Waals surface area contributed by atoms with Crippen molar-refractivity contribution in [2.24, 2.45) is 5.41 Å². The Balaban J connectivity index is 4.83. The van der Waals surface area contributed by atoms with Crippen LogP contribution in [0.4, 0.5) is 0 Å². The second kappa shape index (κ2) is 12.5. The number of nitrogens with zero attached hydrogens (tertiary/aromatic N) is 1. The standard InChI is InChI=1S/C21H41N3O3S/c1-20(2,3)17(25)15-16(19(27)23-13-12-22-7)24(8)18(26)11-9-10-14-28-21(4,5)6/h16,22H,9-15H2,1-8H3,(H,23,27).